The van der Waals surface area contributed by atoms with Crippen LogP contribution in [0, 0.1) is 0 Å². The topological polar surface area (TPSA) is 47.3 Å². The lowest BCUT2D eigenvalue weighted by atomic mass is 10.4. The summed E-state index contributed by atoms with van der Waals surface area (Å²) in [6.45, 7) is 1.60. The normalized spacial score (nSPS) is 10.7. The number of aromatic nitrogens is 3. The molecule has 4 nitrogen and oxygen atoms in total. The molecule has 0 saturated heterocycles. The molecule has 5 heteroatoms. The first-order valence-electron chi connectivity index (χ1n) is 4.69. The number of rotatable bonds is 4. The Balaban J connectivity index is 2.11. The summed E-state index contributed by atoms with van der Waals surface area (Å²) in [5, 5.41) is 8.92. The lowest BCUT2D eigenvalue weighted by Crippen LogP contribution is -1.93. The van der Waals surface area contributed by atoms with Gasteiger partial charge >= 0.3 is 0 Å². The molecule has 0 aliphatic rings. The smallest absolute Gasteiger partial charge is 0.195 e. The number of fused-ring (bicyclic) bond motifs is 1. The molecule has 15 heavy (non-hydrogen) atoms. The summed E-state index contributed by atoms with van der Waals surface area (Å²) < 4.78 is 1.92. The van der Waals surface area contributed by atoms with E-state index >= 15 is 0 Å². The van der Waals surface area contributed by atoms with Gasteiger partial charge in [-0.3, -0.25) is 9.20 Å². The van der Waals surface area contributed by atoms with Gasteiger partial charge in [0.05, 0.1) is 0 Å². The van der Waals surface area contributed by atoms with E-state index < -0.39 is 0 Å². The van der Waals surface area contributed by atoms with E-state index in [4.69, 9.17) is 0 Å². The second-order valence-corrected chi connectivity index (χ2v) is 4.27. The predicted molar refractivity (Wildman–Crippen MR) is 59.0 cm³/mol. The van der Waals surface area contributed by atoms with Gasteiger partial charge in [0.15, 0.2) is 10.8 Å². The highest BCUT2D eigenvalue weighted by Crippen LogP contribution is 2.17. The second kappa shape index (κ2) is 4.44. The molecule has 0 aliphatic carbocycles. The van der Waals surface area contributed by atoms with E-state index in [-0.39, 0.29) is 5.78 Å². The molecule has 0 amide bonds. The maximum Gasteiger partial charge on any atom is 0.195 e. The molecule has 2 aromatic rings. The third kappa shape index (κ3) is 2.36. The molecule has 0 radical (unpaired) electrons. The summed E-state index contributed by atoms with van der Waals surface area (Å²) in [6, 6.07) is 5.77. The fourth-order valence-electron chi connectivity index (χ4n) is 1.20. The maximum absolute atomic E-state index is 10.8. The zero-order valence-electron chi connectivity index (χ0n) is 8.38. The summed E-state index contributed by atoms with van der Waals surface area (Å²) in [5.41, 5.74) is 0.836. The van der Waals surface area contributed by atoms with Crippen molar-refractivity contribution in [1.82, 2.24) is 14.6 Å². The number of hydrogen-bond acceptors (Lipinski definition) is 4. The van der Waals surface area contributed by atoms with Gasteiger partial charge in [-0.15, -0.1) is 10.2 Å². The molecule has 0 aliphatic heterocycles. The minimum atomic E-state index is 0.205. The molecule has 0 atom stereocenters. The van der Waals surface area contributed by atoms with E-state index in [1.807, 2.05) is 28.8 Å². The zero-order chi connectivity index (χ0) is 10.7. The lowest BCUT2D eigenvalue weighted by molar-refractivity contribution is -0.116. The van der Waals surface area contributed by atoms with E-state index in [1.54, 1.807) is 18.7 Å². The molecule has 0 bridgehead atoms. The Morgan fingerprint density at radius 2 is 2.33 bits per heavy atom. The Kier molecular flexibility index (Phi) is 3.01. The predicted octanol–water partition coefficient (Wildman–Crippen LogP) is 1.80. The Morgan fingerprint density at radius 3 is 3.13 bits per heavy atom. The molecule has 0 fully saturated rings. The molecular formula is C10H11N3OS. The molecular weight excluding hydrogens is 210 g/mol. The fraction of sp³-hybridized carbons (Fsp3) is 0.300. The van der Waals surface area contributed by atoms with Gasteiger partial charge in [-0.05, 0) is 19.1 Å². The minimum absolute atomic E-state index is 0.205. The van der Waals surface area contributed by atoms with E-state index in [9.17, 15) is 4.79 Å². The van der Waals surface area contributed by atoms with Crippen LogP contribution in [0.5, 0.6) is 0 Å². The van der Waals surface area contributed by atoms with Crippen molar-refractivity contribution in [3.05, 3.63) is 24.4 Å². The van der Waals surface area contributed by atoms with Gasteiger partial charge < -0.3 is 0 Å². The highest BCUT2D eigenvalue weighted by Gasteiger charge is 2.04. The van der Waals surface area contributed by atoms with Crippen molar-refractivity contribution in [2.45, 2.75) is 18.5 Å². The summed E-state index contributed by atoms with van der Waals surface area (Å²) in [7, 11) is 0. The van der Waals surface area contributed by atoms with E-state index in [1.165, 1.54) is 0 Å². The Morgan fingerprint density at radius 1 is 1.47 bits per heavy atom. The fourth-order valence-corrected chi connectivity index (χ4v) is 2.17. The third-order valence-corrected chi connectivity index (χ3v) is 2.91. The first kappa shape index (κ1) is 10.2. The van der Waals surface area contributed by atoms with Gasteiger partial charge in [0, 0.05) is 18.4 Å². The number of pyridine rings is 1. The number of ketones is 1. The first-order valence-corrected chi connectivity index (χ1v) is 5.68. The standard InChI is InChI=1S/C10H11N3OS/c1-8(14)5-7-15-10-12-11-9-4-2-3-6-13(9)10/h2-4,6H,5,7H2,1H3. The molecule has 2 aromatic heterocycles. The van der Waals surface area contributed by atoms with Crippen molar-refractivity contribution in [2.24, 2.45) is 0 Å². The van der Waals surface area contributed by atoms with Crippen LogP contribution in [-0.2, 0) is 4.79 Å². The Labute approximate surface area is 91.7 Å². The summed E-state index contributed by atoms with van der Waals surface area (Å²) in [4.78, 5) is 10.8. The molecule has 2 rings (SSSR count). The molecule has 0 aromatic carbocycles. The lowest BCUT2D eigenvalue weighted by Gasteiger charge is -1.97. The largest absolute Gasteiger partial charge is 0.300 e. The molecule has 78 valence electrons. The van der Waals surface area contributed by atoms with Crippen LogP contribution >= 0.6 is 11.8 Å². The monoisotopic (exact) mass is 221 g/mol. The van der Waals surface area contributed by atoms with Gasteiger partial charge in [-0.1, -0.05) is 17.8 Å². The Hall–Kier alpha value is -1.36. The molecule has 0 saturated carbocycles. The average Bonchev–Trinajstić information content (AvgIpc) is 2.62. The highest BCUT2D eigenvalue weighted by molar-refractivity contribution is 7.99. The van der Waals surface area contributed by atoms with E-state index in [2.05, 4.69) is 10.2 Å². The number of hydrogen-bond donors (Lipinski definition) is 0. The second-order valence-electron chi connectivity index (χ2n) is 3.21. The van der Waals surface area contributed by atoms with Gasteiger partial charge in [0.2, 0.25) is 0 Å². The zero-order valence-corrected chi connectivity index (χ0v) is 9.20. The van der Waals surface area contributed by atoms with Gasteiger partial charge in [0.25, 0.3) is 0 Å². The van der Waals surface area contributed by atoms with Crippen LogP contribution in [0.4, 0.5) is 0 Å². The maximum atomic E-state index is 10.8. The summed E-state index contributed by atoms with van der Waals surface area (Å²) in [5.74, 6) is 0.960. The van der Waals surface area contributed by atoms with Crippen molar-refractivity contribution in [2.75, 3.05) is 5.75 Å². The average molecular weight is 221 g/mol. The SMILES string of the molecule is CC(=O)CCSc1nnc2ccccn12. The Bertz CT molecular complexity index is 480. The summed E-state index contributed by atoms with van der Waals surface area (Å²) in [6.07, 6.45) is 2.50. The van der Waals surface area contributed by atoms with Crippen molar-refractivity contribution in [1.29, 1.82) is 0 Å². The highest BCUT2D eigenvalue weighted by atomic mass is 32.2. The van der Waals surface area contributed by atoms with Gasteiger partial charge in [-0.25, -0.2) is 0 Å². The van der Waals surface area contributed by atoms with Crippen molar-refractivity contribution >= 4 is 23.2 Å². The van der Waals surface area contributed by atoms with Crippen molar-refractivity contribution in [3.63, 3.8) is 0 Å². The quantitative estimate of drug-likeness (QED) is 0.739. The van der Waals surface area contributed by atoms with Crippen LogP contribution in [0.15, 0.2) is 29.6 Å². The molecule has 0 N–H and O–H groups in total. The van der Waals surface area contributed by atoms with Crippen LogP contribution in [-0.4, -0.2) is 26.1 Å². The van der Waals surface area contributed by atoms with Gasteiger partial charge in [-0.2, -0.15) is 0 Å². The molecule has 2 heterocycles. The first-order chi connectivity index (χ1) is 7.27. The van der Waals surface area contributed by atoms with Crippen LogP contribution < -0.4 is 0 Å². The number of carbonyl (C=O) groups is 1. The van der Waals surface area contributed by atoms with Crippen molar-refractivity contribution < 1.29 is 4.79 Å². The van der Waals surface area contributed by atoms with Gasteiger partial charge in [0.1, 0.15) is 5.78 Å². The van der Waals surface area contributed by atoms with Crippen LogP contribution in [0.3, 0.4) is 0 Å². The van der Waals surface area contributed by atoms with Crippen LogP contribution in [0.25, 0.3) is 5.65 Å². The summed E-state index contributed by atoms with van der Waals surface area (Å²) >= 11 is 1.55. The van der Waals surface area contributed by atoms with E-state index in [0.717, 1.165) is 16.6 Å². The number of carbonyl (C=O) groups excluding carboxylic acids is 1. The number of Topliss-reactive ketones (excluding diaryl/α,β-unsaturated/α-hetero) is 1. The van der Waals surface area contributed by atoms with Crippen LogP contribution in [0.2, 0.25) is 0 Å². The molecule has 0 unspecified atom stereocenters. The number of nitrogens with zero attached hydrogens (tertiary/aromatic N) is 3. The minimum Gasteiger partial charge on any atom is -0.300 e. The number of thioether (sulfide) groups is 1. The van der Waals surface area contributed by atoms with Crippen LogP contribution in [0.1, 0.15) is 13.3 Å². The van der Waals surface area contributed by atoms with Crippen molar-refractivity contribution in [3.8, 4) is 0 Å². The van der Waals surface area contributed by atoms with E-state index in [0.29, 0.717) is 6.42 Å². The molecule has 0 spiro atoms. The third-order valence-electron chi connectivity index (χ3n) is 1.97.